The average molecular weight is 310 g/mol. The van der Waals surface area contributed by atoms with Crippen molar-refractivity contribution < 1.29 is 0 Å². The number of hydrogen-bond donors (Lipinski definition) is 2. The molecule has 3 nitrogen and oxygen atoms in total. The molecule has 0 unspecified atom stereocenters. The van der Waals surface area contributed by atoms with Crippen LogP contribution in [0.15, 0.2) is 5.38 Å². The minimum absolute atomic E-state index is 0.154. The maximum absolute atomic E-state index is 4.78. The Kier molecular flexibility index (Phi) is 4.54. The Morgan fingerprint density at radius 3 is 2.29 bits per heavy atom. The summed E-state index contributed by atoms with van der Waals surface area (Å²) in [5.41, 5.74) is 1.72. The van der Waals surface area contributed by atoms with E-state index in [1.54, 1.807) is 11.3 Å². The number of piperidine rings is 1. The van der Waals surface area contributed by atoms with Crippen LogP contribution in [0.1, 0.15) is 72.0 Å². The summed E-state index contributed by atoms with van der Waals surface area (Å²) in [6.45, 7) is 16.7. The highest BCUT2D eigenvalue weighted by molar-refractivity contribution is 7.09. The zero-order valence-electron chi connectivity index (χ0n) is 14.6. The van der Waals surface area contributed by atoms with E-state index in [-0.39, 0.29) is 16.5 Å². The fourth-order valence-corrected chi connectivity index (χ4v) is 4.36. The van der Waals surface area contributed by atoms with Crippen LogP contribution in [0, 0.1) is 0 Å². The predicted octanol–water partition coefficient (Wildman–Crippen LogP) is 3.84. The molecule has 1 saturated heterocycles. The summed E-state index contributed by atoms with van der Waals surface area (Å²) in [5, 5.41) is 10.9. The van der Waals surface area contributed by atoms with Gasteiger partial charge in [-0.2, -0.15) is 0 Å². The van der Waals surface area contributed by atoms with Gasteiger partial charge in [0.05, 0.1) is 10.7 Å². The van der Waals surface area contributed by atoms with E-state index in [0.29, 0.717) is 6.04 Å². The highest BCUT2D eigenvalue weighted by Gasteiger charge is 2.37. The Morgan fingerprint density at radius 2 is 1.81 bits per heavy atom. The van der Waals surface area contributed by atoms with E-state index in [1.807, 2.05) is 0 Å². The van der Waals surface area contributed by atoms with Crippen LogP contribution in [0.5, 0.6) is 0 Å². The van der Waals surface area contributed by atoms with Crippen LogP contribution < -0.4 is 10.6 Å². The fourth-order valence-electron chi connectivity index (χ4n) is 3.45. The second-order valence-electron chi connectivity index (χ2n) is 8.77. The molecule has 2 heterocycles. The molecule has 0 aliphatic carbocycles. The molecule has 1 aliphatic heterocycles. The van der Waals surface area contributed by atoms with Gasteiger partial charge in [-0.05, 0) is 40.5 Å². The maximum atomic E-state index is 4.78. The Labute approximate surface area is 133 Å². The van der Waals surface area contributed by atoms with Gasteiger partial charge in [0.1, 0.15) is 0 Å². The van der Waals surface area contributed by atoms with Gasteiger partial charge in [-0.15, -0.1) is 11.3 Å². The van der Waals surface area contributed by atoms with Crippen molar-refractivity contribution in [3.05, 3.63) is 16.1 Å². The quantitative estimate of drug-likeness (QED) is 0.891. The van der Waals surface area contributed by atoms with Gasteiger partial charge in [0.15, 0.2) is 0 Å². The highest BCUT2D eigenvalue weighted by atomic mass is 32.1. The highest BCUT2D eigenvalue weighted by Crippen LogP contribution is 2.29. The first-order chi connectivity index (χ1) is 9.47. The number of nitrogens with zero attached hydrogens (tertiary/aromatic N) is 1. The first-order valence-electron chi connectivity index (χ1n) is 7.95. The zero-order valence-corrected chi connectivity index (χ0v) is 15.4. The number of hydrogen-bond acceptors (Lipinski definition) is 4. The lowest BCUT2D eigenvalue weighted by molar-refractivity contribution is 0.145. The standard InChI is InChI=1S/C17H31N3S/c1-15(2,3)14-19-13(11-21-14)10-18-12-8-16(4,5)20-17(6,7)9-12/h11-12,18,20H,8-10H2,1-7H3. The van der Waals surface area contributed by atoms with Gasteiger partial charge in [0.2, 0.25) is 0 Å². The summed E-state index contributed by atoms with van der Waals surface area (Å²) in [6, 6.07) is 0.552. The average Bonchev–Trinajstić information content (AvgIpc) is 2.69. The summed E-state index contributed by atoms with van der Waals surface area (Å²) < 4.78 is 0. The van der Waals surface area contributed by atoms with Crippen LogP contribution >= 0.6 is 11.3 Å². The minimum Gasteiger partial charge on any atom is -0.308 e. The molecule has 0 atom stereocenters. The van der Waals surface area contributed by atoms with Crippen molar-refractivity contribution in [1.29, 1.82) is 0 Å². The summed E-state index contributed by atoms with van der Waals surface area (Å²) in [7, 11) is 0. The Hall–Kier alpha value is -0.450. The van der Waals surface area contributed by atoms with Crippen molar-refractivity contribution in [3.8, 4) is 0 Å². The molecule has 2 N–H and O–H groups in total. The summed E-state index contributed by atoms with van der Waals surface area (Å²) in [4.78, 5) is 4.78. The molecule has 0 aromatic carbocycles. The van der Waals surface area contributed by atoms with Crippen molar-refractivity contribution in [2.24, 2.45) is 0 Å². The van der Waals surface area contributed by atoms with Gasteiger partial charge in [-0.3, -0.25) is 0 Å². The van der Waals surface area contributed by atoms with E-state index < -0.39 is 0 Å². The van der Waals surface area contributed by atoms with Gasteiger partial charge in [0, 0.05) is 34.5 Å². The van der Waals surface area contributed by atoms with Gasteiger partial charge >= 0.3 is 0 Å². The largest absolute Gasteiger partial charge is 0.308 e. The molecule has 4 heteroatoms. The lowest BCUT2D eigenvalue weighted by Crippen LogP contribution is -2.61. The number of thiazole rings is 1. The SMILES string of the molecule is CC1(C)CC(NCc2csc(C(C)(C)C)n2)CC(C)(C)N1. The second-order valence-corrected chi connectivity index (χ2v) is 9.63. The summed E-state index contributed by atoms with van der Waals surface area (Å²) in [5.74, 6) is 0. The van der Waals surface area contributed by atoms with Crippen molar-refractivity contribution in [1.82, 2.24) is 15.6 Å². The van der Waals surface area contributed by atoms with Crippen LogP contribution in [0.3, 0.4) is 0 Å². The van der Waals surface area contributed by atoms with E-state index in [9.17, 15) is 0 Å². The van der Waals surface area contributed by atoms with Gasteiger partial charge < -0.3 is 10.6 Å². The molecule has 2 rings (SSSR count). The number of aromatic nitrogens is 1. The van der Waals surface area contributed by atoms with Crippen LogP contribution in [-0.4, -0.2) is 22.1 Å². The van der Waals surface area contributed by atoms with E-state index in [2.05, 4.69) is 64.5 Å². The maximum Gasteiger partial charge on any atom is 0.0982 e. The summed E-state index contributed by atoms with van der Waals surface area (Å²) >= 11 is 1.78. The van der Waals surface area contributed by atoms with E-state index >= 15 is 0 Å². The van der Waals surface area contributed by atoms with E-state index in [4.69, 9.17) is 4.98 Å². The van der Waals surface area contributed by atoms with Crippen LogP contribution in [0.4, 0.5) is 0 Å². The lowest BCUT2D eigenvalue weighted by Gasteiger charge is -2.46. The Bertz CT molecular complexity index is 466. The fraction of sp³-hybridized carbons (Fsp3) is 0.824. The molecule has 120 valence electrons. The summed E-state index contributed by atoms with van der Waals surface area (Å²) in [6.07, 6.45) is 2.32. The third-order valence-corrected chi connectivity index (χ3v) is 5.27. The van der Waals surface area contributed by atoms with Gasteiger partial charge in [0.25, 0.3) is 0 Å². The van der Waals surface area contributed by atoms with Crippen LogP contribution in [0.25, 0.3) is 0 Å². The molecule has 21 heavy (non-hydrogen) atoms. The molecule has 1 aromatic rings. The Balaban J connectivity index is 1.95. The second kappa shape index (κ2) is 5.64. The van der Waals surface area contributed by atoms with Gasteiger partial charge in [-0.1, -0.05) is 20.8 Å². The lowest BCUT2D eigenvalue weighted by atomic mass is 9.79. The molecule has 0 bridgehead atoms. The molecule has 1 aromatic heterocycles. The normalized spacial score (nSPS) is 22.4. The zero-order chi connectivity index (χ0) is 15.9. The van der Waals surface area contributed by atoms with Crippen LogP contribution in [-0.2, 0) is 12.0 Å². The van der Waals surface area contributed by atoms with Crippen molar-refractivity contribution in [2.75, 3.05) is 0 Å². The van der Waals surface area contributed by atoms with Crippen molar-refractivity contribution in [3.63, 3.8) is 0 Å². The van der Waals surface area contributed by atoms with Crippen molar-refractivity contribution in [2.45, 2.75) is 90.4 Å². The van der Waals surface area contributed by atoms with Crippen LogP contribution in [0.2, 0.25) is 0 Å². The number of nitrogens with one attached hydrogen (secondary N) is 2. The van der Waals surface area contributed by atoms with E-state index in [0.717, 1.165) is 19.4 Å². The molecular weight excluding hydrogens is 278 g/mol. The topological polar surface area (TPSA) is 37.0 Å². The number of rotatable bonds is 3. The first kappa shape index (κ1) is 16.9. The Morgan fingerprint density at radius 1 is 1.24 bits per heavy atom. The predicted molar refractivity (Wildman–Crippen MR) is 92.0 cm³/mol. The molecule has 0 spiro atoms. The third-order valence-electron chi connectivity index (χ3n) is 3.96. The first-order valence-corrected chi connectivity index (χ1v) is 8.82. The molecule has 0 saturated carbocycles. The minimum atomic E-state index is 0.154. The third kappa shape index (κ3) is 4.76. The molecule has 1 aliphatic rings. The molecular formula is C17H31N3S. The monoisotopic (exact) mass is 309 g/mol. The van der Waals surface area contributed by atoms with Crippen molar-refractivity contribution >= 4 is 11.3 Å². The van der Waals surface area contributed by atoms with Gasteiger partial charge in [-0.25, -0.2) is 4.98 Å². The molecule has 0 amide bonds. The molecule has 1 fully saturated rings. The van der Waals surface area contributed by atoms with E-state index in [1.165, 1.54) is 10.7 Å². The molecule has 0 radical (unpaired) electrons. The smallest absolute Gasteiger partial charge is 0.0982 e.